The van der Waals surface area contributed by atoms with Crippen molar-refractivity contribution in [3.8, 4) is 5.75 Å². The smallest absolute Gasteiger partial charge is 0.280 e. The van der Waals surface area contributed by atoms with Crippen LogP contribution in [0.3, 0.4) is 0 Å². The van der Waals surface area contributed by atoms with Gasteiger partial charge < -0.3 is 9.84 Å². The van der Waals surface area contributed by atoms with E-state index in [0.717, 1.165) is 6.20 Å². The van der Waals surface area contributed by atoms with Gasteiger partial charge in [-0.3, -0.25) is 9.37 Å². The zero-order chi connectivity index (χ0) is 14.0. The molecule has 2 unspecified atom stereocenters. The third-order valence-corrected chi connectivity index (χ3v) is 3.00. The van der Waals surface area contributed by atoms with Crippen LogP contribution in [0.1, 0.15) is 35.8 Å². The number of aliphatic hydroxyl groups excluding tert-OH is 1. The average molecular weight is 279 g/mol. The number of hydrogen-bond acceptors (Lipinski definition) is 3. The Labute approximate surface area is 107 Å². The summed E-state index contributed by atoms with van der Waals surface area (Å²) in [5.74, 6) is 0.132. The van der Waals surface area contributed by atoms with Crippen molar-refractivity contribution in [2.75, 3.05) is 13.3 Å². The van der Waals surface area contributed by atoms with Gasteiger partial charge in [-0.15, -0.1) is 0 Å². The lowest BCUT2D eigenvalue weighted by Crippen LogP contribution is -2.09. The van der Waals surface area contributed by atoms with Crippen LogP contribution < -0.4 is 4.74 Å². The standard InChI is InChI=1S/C12H13F4NO2/c13-2-1-3-19-8-5-17-10(12(15)16)9-6(8)4-7(14)11(9)18/h5,7,11-12,18H,1-4H2. The van der Waals surface area contributed by atoms with E-state index in [1.165, 1.54) is 0 Å². The summed E-state index contributed by atoms with van der Waals surface area (Å²) in [7, 11) is 0. The predicted molar refractivity (Wildman–Crippen MR) is 58.8 cm³/mol. The minimum atomic E-state index is -2.89. The van der Waals surface area contributed by atoms with E-state index in [1.54, 1.807) is 0 Å². The molecule has 0 fully saturated rings. The second kappa shape index (κ2) is 5.73. The van der Waals surface area contributed by atoms with Gasteiger partial charge >= 0.3 is 0 Å². The van der Waals surface area contributed by atoms with E-state index in [4.69, 9.17) is 4.74 Å². The van der Waals surface area contributed by atoms with E-state index in [1.807, 2.05) is 0 Å². The summed E-state index contributed by atoms with van der Waals surface area (Å²) in [6.07, 6.45) is -5.15. The first-order valence-electron chi connectivity index (χ1n) is 5.87. The number of fused-ring (bicyclic) bond motifs is 1. The molecule has 1 N–H and O–H groups in total. The number of aromatic nitrogens is 1. The number of hydrogen-bond donors (Lipinski definition) is 1. The lowest BCUT2D eigenvalue weighted by Gasteiger charge is -2.14. The molecule has 2 rings (SSSR count). The second-order valence-corrected chi connectivity index (χ2v) is 4.26. The second-order valence-electron chi connectivity index (χ2n) is 4.26. The van der Waals surface area contributed by atoms with Gasteiger partial charge in [0.25, 0.3) is 6.43 Å². The fourth-order valence-electron chi connectivity index (χ4n) is 2.13. The summed E-state index contributed by atoms with van der Waals surface area (Å²) < 4.78 is 56.2. The Kier molecular flexibility index (Phi) is 4.24. The van der Waals surface area contributed by atoms with Crippen LogP contribution in [-0.2, 0) is 6.42 Å². The third-order valence-electron chi connectivity index (χ3n) is 3.00. The van der Waals surface area contributed by atoms with Crippen molar-refractivity contribution in [1.82, 2.24) is 4.98 Å². The van der Waals surface area contributed by atoms with Crippen LogP contribution in [0, 0.1) is 0 Å². The zero-order valence-corrected chi connectivity index (χ0v) is 9.95. The lowest BCUT2D eigenvalue weighted by atomic mass is 10.1. The van der Waals surface area contributed by atoms with Crippen molar-refractivity contribution in [1.29, 1.82) is 0 Å². The highest BCUT2D eigenvalue weighted by Crippen LogP contribution is 2.42. The number of aliphatic hydroxyl groups is 1. The molecule has 0 saturated heterocycles. The average Bonchev–Trinajstić information content (AvgIpc) is 2.67. The number of halogens is 4. The zero-order valence-electron chi connectivity index (χ0n) is 9.95. The van der Waals surface area contributed by atoms with E-state index in [-0.39, 0.29) is 36.3 Å². The predicted octanol–water partition coefficient (Wildman–Crippen LogP) is 2.69. The van der Waals surface area contributed by atoms with Crippen LogP contribution in [-0.4, -0.2) is 29.5 Å². The molecule has 1 heterocycles. The number of alkyl halides is 4. The molecule has 19 heavy (non-hydrogen) atoms. The molecule has 1 aromatic heterocycles. The van der Waals surface area contributed by atoms with E-state index in [2.05, 4.69) is 4.98 Å². The number of rotatable bonds is 5. The molecular formula is C12H13F4NO2. The van der Waals surface area contributed by atoms with E-state index in [0.29, 0.717) is 0 Å². The van der Waals surface area contributed by atoms with Crippen LogP contribution in [0.5, 0.6) is 5.75 Å². The molecule has 106 valence electrons. The summed E-state index contributed by atoms with van der Waals surface area (Å²) in [6, 6.07) is 0. The minimum absolute atomic E-state index is 0.0473. The molecule has 1 aliphatic rings. The maximum Gasteiger partial charge on any atom is 0.280 e. The molecule has 3 nitrogen and oxygen atoms in total. The van der Waals surface area contributed by atoms with Crippen LogP contribution in [0.15, 0.2) is 6.20 Å². The molecule has 0 saturated carbocycles. The summed E-state index contributed by atoms with van der Waals surface area (Å²) >= 11 is 0. The Morgan fingerprint density at radius 1 is 1.47 bits per heavy atom. The minimum Gasteiger partial charge on any atom is -0.492 e. The van der Waals surface area contributed by atoms with Gasteiger partial charge in [0.05, 0.1) is 19.5 Å². The van der Waals surface area contributed by atoms with Gasteiger partial charge in [-0.2, -0.15) is 0 Å². The molecule has 0 spiro atoms. The highest BCUT2D eigenvalue weighted by Gasteiger charge is 2.38. The summed E-state index contributed by atoms with van der Waals surface area (Å²) in [5.41, 5.74) is -0.620. The van der Waals surface area contributed by atoms with Crippen molar-refractivity contribution in [2.45, 2.75) is 31.5 Å². The maximum atomic E-state index is 13.5. The molecule has 0 aliphatic heterocycles. The molecule has 7 heteroatoms. The molecule has 2 atom stereocenters. The number of ether oxygens (including phenoxy) is 1. The first kappa shape index (κ1) is 14.0. The van der Waals surface area contributed by atoms with Gasteiger partial charge in [-0.1, -0.05) is 0 Å². The van der Waals surface area contributed by atoms with Crippen molar-refractivity contribution >= 4 is 0 Å². The summed E-state index contributed by atoms with van der Waals surface area (Å²) in [6.45, 7) is -0.523. The Morgan fingerprint density at radius 2 is 2.21 bits per heavy atom. The highest BCUT2D eigenvalue weighted by atomic mass is 19.3. The van der Waals surface area contributed by atoms with Crippen LogP contribution in [0.25, 0.3) is 0 Å². The number of nitrogens with zero attached hydrogens (tertiary/aromatic N) is 1. The molecule has 1 aliphatic carbocycles. The van der Waals surface area contributed by atoms with Crippen molar-refractivity contribution < 1.29 is 27.4 Å². The van der Waals surface area contributed by atoms with Gasteiger partial charge in [0.15, 0.2) is 0 Å². The van der Waals surface area contributed by atoms with Crippen molar-refractivity contribution in [2.24, 2.45) is 0 Å². The quantitative estimate of drug-likeness (QED) is 0.665. The highest BCUT2D eigenvalue weighted by molar-refractivity contribution is 5.47. The summed E-state index contributed by atoms with van der Waals surface area (Å²) in [5, 5.41) is 9.61. The Hall–Kier alpha value is -1.37. The molecular weight excluding hydrogens is 266 g/mol. The van der Waals surface area contributed by atoms with Gasteiger partial charge in [-0.05, 0) is 0 Å². The maximum absolute atomic E-state index is 13.5. The molecule has 0 aromatic carbocycles. The number of pyridine rings is 1. The largest absolute Gasteiger partial charge is 0.492 e. The van der Waals surface area contributed by atoms with Crippen LogP contribution in [0.2, 0.25) is 0 Å². The topological polar surface area (TPSA) is 42.4 Å². The Balaban J connectivity index is 2.34. The normalized spacial score (nSPS) is 21.8. The van der Waals surface area contributed by atoms with Crippen LogP contribution >= 0.6 is 0 Å². The SMILES string of the molecule is OC1c2c(C(F)F)ncc(OCCCF)c2CC1F. The van der Waals surface area contributed by atoms with Gasteiger partial charge in [0.2, 0.25) is 0 Å². The van der Waals surface area contributed by atoms with E-state index >= 15 is 0 Å². The molecule has 0 bridgehead atoms. The molecule has 1 aromatic rings. The van der Waals surface area contributed by atoms with Crippen molar-refractivity contribution in [3.63, 3.8) is 0 Å². The van der Waals surface area contributed by atoms with Gasteiger partial charge in [0, 0.05) is 24.0 Å². The van der Waals surface area contributed by atoms with Crippen molar-refractivity contribution in [3.05, 3.63) is 23.0 Å². The molecule has 0 radical (unpaired) electrons. The van der Waals surface area contributed by atoms with E-state index in [9.17, 15) is 22.7 Å². The van der Waals surface area contributed by atoms with E-state index < -0.39 is 31.1 Å². The summed E-state index contributed by atoms with van der Waals surface area (Å²) in [4.78, 5) is 3.52. The first-order chi connectivity index (χ1) is 9.06. The Bertz CT molecular complexity index is 456. The fraction of sp³-hybridized carbons (Fsp3) is 0.583. The first-order valence-corrected chi connectivity index (χ1v) is 5.87. The fourth-order valence-corrected chi connectivity index (χ4v) is 2.13. The monoisotopic (exact) mass is 279 g/mol. The van der Waals surface area contributed by atoms with Gasteiger partial charge in [0.1, 0.15) is 23.7 Å². The van der Waals surface area contributed by atoms with Crippen LogP contribution in [0.4, 0.5) is 17.6 Å². The van der Waals surface area contributed by atoms with Gasteiger partial charge in [-0.25, -0.2) is 13.2 Å². The molecule has 0 amide bonds. The lowest BCUT2D eigenvalue weighted by molar-refractivity contribution is 0.0850. The Morgan fingerprint density at radius 3 is 2.84 bits per heavy atom. The third kappa shape index (κ3) is 2.65.